The summed E-state index contributed by atoms with van der Waals surface area (Å²) < 4.78 is 28.3. The molecule has 0 aliphatic heterocycles. The molecule has 0 saturated carbocycles. The van der Waals surface area contributed by atoms with Crippen molar-refractivity contribution in [1.29, 1.82) is 5.26 Å². The van der Waals surface area contributed by atoms with Crippen molar-refractivity contribution >= 4 is 23.2 Å². The van der Waals surface area contributed by atoms with E-state index in [1.165, 1.54) is 42.5 Å². The van der Waals surface area contributed by atoms with Gasteiger partial charge in [0.15, 0.2) is 0 Å². The fourth-order valence-electron chi connectivity index (χ4n) is 1.67. The van der Waals surface area contributed by atoms with E-state index in [-0.39, 0.29) is 16.3 Å². The number of halogens is 3. The fraction of sp³-hybridized carbons (Fsp3) is 0.0667. The number of nitrogens with one attached hydrogen (secondary N) is 1. The molecule has 2 aromatic rings. The summed E-state index contributed by atoms with van der Waals surface area (Å²) in [6.07, 6.45) is 0. The summed E-state index contributed by atoms with van der Waals surface area (Å²) in [6.45, 7) is -2.92. The number of anilines is 1. The van der Waals surface area contributed by atoms with Crippen LogP contribution < -0.4 is 10.1 Å². The lowest BCUT2D eigenvalue weighted by Gasteiger charge is -2.08. The van der Waals surface area contributed by atoms with Crippen LogP contribution in [-0.4, -0.2) is 12.5 Å². The topological polar surface area (TPSA) is 62.1 Å². The summed E-state index contributed by atoms with van der Waals surface area (Å²) >= 11 is 5.87. The molecule has 0 aliphatic rings. The first-order valence-electron chi connectivity index (χ1n) is 6.05. The molecule has 112 valence electrons. The zero-order chi connectivity index (χ0) is 16.1. The Labute approximate surface area is 129 Å². The Bertz CT molecular complexity index is 727. The lowest BCUT2D eigenvalue weighted by molar-refractivity contribution is -0.0498. The van der Waals surface area contributed by atoms with E-state index in [9.17, 15) is 13.6 Å². The minimum absolute atomic E-state index is 0.0343. The van der Waals surface area contributed by atoms with Gasteiger partial charge in [-0.25, -0.2) is 0 Å². The lowest BCUT2D eigenvalue weighted by atomic mass is 10.2. The van der Waals surface area contributed by atoms with Crippen LogP contribution in [0.5, 0.6) is 5.75 Å². The standard InChI is InChI=1S/C15H9ClF2N2O2/c16-13-7-11(4-1-10(13)8-19)20-14(21)9-2-5-12(6-3-9)22-15(17)18/h1-7,15H,(H,20,21). The number of benzene rings is 2. The zero-order valence-corrected chi connectivity index (χ0v) is 11.8. The molecule has 2 aromatic carbocycles. The van der Waals surface area contributed by atoms with Gasteiger partial charge in [-0.1, -0.05) is 11.6 Å². The Kier molecular flexibility index (Phi) is 4.92. The maximum Gasteiger partial charge on any atom is 0.387 e. The second-order valence-electron chi connectivity index (χ2n) is 4.16. The molecule has 0 spiro atoms. The minimum atomic E-state index is -2.92. The molecule has 0 bridgehead atoms. The van der Waals surface area contributed by atoms with Crippen LogP contribution in [-0.2, 0) is 0 Å². The van der Waals surface area contributed by atoms with Crippen molar-refractivity contribution in [2.45, 2.75) is 6.61 Å². The van der Waals surface area contributed by atoms with Gasteiger partial charge in [0.25, 0.3) is 5.91 Å². The van der Waals surface area contributed by atoms with Gasteiger partial charge in [-0.15, -0.1) is 0 Å². The van der Waals surface area contributed by atoms with Gasteiger partial charge < -0.3 is 10.1 Å². The molecule has 22 heavy (non-hydrogen) atoms. The van der Waals surface area contributed by atoms with Crippen LogP contribution in [0.2, 0.25) is 5.02 Å². The molecule has 0 radical (unpaired) electrons. The van der Waals surface area contributed by atoms with Crippen molar-refractivity contribution in [2.24, 2.45) is 0 Å². The number of nitrogens with zero attached hydrogens (tertiary/aromatic N) is 1. The minimum Gasteiger partial charge on any atom is -0.435 e. The van der Waals surface area contributed by atoms with E-state index in [1.807, 2.05) is 6.07 Å². The van der Waals surface area contributed by atoms with Gasteiger partial charge in [0.1, 0.15) is 11.8 Å². The highest BCUT2D eigenvalue weighted by molar-refractivity contribution is 6.32. The molecule has 2 rings (SSSR count). The molecule has 0 aliphatic carbocycles. The van der Waals surface area contributed by atoms with Crippen LogP contribution in [0.25, 0.3) is 0 Å². The molecule has 7 heteroatoms. The largest absolute Gasteiger partial charge is 0.435 e. The monoisotopic (exact) mass is 322 g/mol. The highest BCUT2D eigenvalue weighted by atomic mass is 35.5. The summed E-state index contributed by atoms with van der Waals surface area (Å²) in [6, 6.07) is 11.6. The van der Waals surface area contributed by atoms with E-state index in [0.717, 1.165) is 0 Å². The van der Waals surface area contributed by atoms with Crippen molar-refractivity contribution in [2.75, 3.05) is 5.32 Å². The first-order chi connectivity index (χ1) is 10.5. The van der Waals surface area contributed by atoms with E-state index in [2.05, 4.69) is 10.1 Å². The number of nitriles is 1. The van der Waals surface area contributed by atoms with Crippen molar-refractivity contribution in [3.63, 3.8) is 0 Å². The fourth-order valence-corrected chi connectivity index (χ4v) is 1.90. The highest BCUT2D eigenvalue weighted by Gasteiger charge is 2.09. The van der Waals surface area contributed by atoms with E-state index in [4.69, 9.17) is 16.9 Å². The molecule has 4 nitrogen and oxygen atoms in total. The second-order valence-corrected chi connectivity index (χ2v) is 4.57. The third kappa shape index (κ3) is 3.93. The number of alkyl halides is 2. The summed E-state index contributed by atoms with van der Waals surface area (Å²) in [5.74, 6) is -0.475. The molecule has 0 fully saturated rings. The van der Waals surface area contributed by atoms with Crippen LogP contribution in [0.1, 0.15) is 15.9 Å². The second kappa shape index (κ2) is 6.87. The quantitative estimate of drug-likeness (QED) is 0.923. The molecular formula is C15H9ClF2N2O2. The molecule has 0 atom stereocenters. The van der Waals surface area contributed by atoms with Crippen LogP contribution in [0.4, 0.5) is 14.5 Å². The Hall–Kier alpha value is -2.65. The molecule has 0 aromatic heterocycles. The Morgan fingerprint density at radius 2 is 1.91 bits per heavy atom. The van der Waals surface area contributed by atoms with Gasteiger partial charge in [-0.05, 0) is 42.5 Å². The van der Waals surface area contributed by atoms with Crippen LogP contribution in [0, 0.1) is 11.3 Å². The molecular weight excluding hydrogens is 314 g/mol. The molecule has 0 heterocycles. The molecule has 1 N–H and O–H groups in total. The summed E-state index contributed by atoms with van der Waals surface area (Å²) in [4.78, 5) is 12.0. The Morgan fingerprint density at radius 3 is 2.45 bits per heavy atom. The van der Waals surface area contributed by atoms with Crippen molar-refractivity contribution in [3.05, 3.63) is 58.6 Å². The number of amides is 1. The Morgan fingerprint density at radius 1 is 1.23 bits per heavy atom. The van der Waals surface area contributed by atoms with Gasteiger partial charge in [0.2, 0.25) is 0 Å². The van der Waals surface area contributed by atoms with E-state index >= 15 is 0 Å². The third-order valence-corrected chi connectivity index (χ3v) is 3.00. The lowest BCUT2D eigenvalue weighted by Crippen LogP contribution is -2.12. The smallest absolute Gasteiger partial charge is 0.387 e. The van der Waals surface area contributed by atoms with Gasteiger partial charge in [-0.3, -0.25) is 4.79 Å². The maximum atomic E-state index is 12.0. The van der Waals surface area contributed by atoms with Crippen LogP contribution in [0.15, 0.2) is 42.5 Å². The van der Waals surface area contributed by atoms with Gasteiger partial charge >= 0.3 is 6.61 Å². The number of hydrogen-bond donors (Lipinski definition) is 1. The van der Waals surface area contributed by atoms with E-state index < -0.39 is 12.5 Å². The molecule has 0 unspecified atom stereocenters. The summed E-state index contributed by atoms with van der Waals surface area (Å²) in [5.41, 5.74) is 0.983. The number of rotatable bonds is 4. The predicted molar refractivity (Wildman–Crippen MR) is 77.2 cm³/mol. The maximum absolute atomic E-state index is 12.0. The van der Waals surface area contributed by atoms with Gasteiger partial charge in [-0.2, -0.15) is 14.0 Å². The van der Waals surface area contributed by atoms with Gasteiger partial charge in [0.05, 0.1) is 10.6 Å². The van der Waals surface area contributed by atoms with Crippen LogP contribution >= 0.6 is 11.6 Å². The summed E-state index contributed by atoms with van der Waals surface area (Å²) in [5, 5.41) is 11.6. The number of carbonyl (C=O) groups is 1. The first-order valence-corrected chi connectivity index (χ1v) is 6.43. The zero-order valence-electron chi connectivity index (χ0n) is 11.0. The van der Waals surface area contributed by atoms with Crippen LogP contribution in [0.3, 0.4) is 0 Å². The number of carbonyl (C=O) groups excluding carboxylic acids is 1. The van der Waals surface area contributed by atoms with Crippen molar-refractivity contribution in [3.8, 4) is 11.8 Å². The summed E-state index contributed by atoms with van der Waals surface area (Å²) in [7, 11) is 0. The van der Waals surface area contributed by atoms with E-state index in [1.54, 1.807) is 0 Å². The van der Waals surface area contributed by atoms with E-state index in [0.29, 0.717) is 11.3 Å². The van der Waals surface area contributed by atoms with Crippen molar-refractivity contribution < 1.29 is 18.3 Å². The normalized spacial score (nSPS) is 10.1. The SMILES string of the molecule is N#Cc1ccc(NC(=O)c2ccc(OC(F)F)cc2)cc1Cl. The number of ether oxygens (including phenoxy) is 1. The predicted octanol–water partition coefficient (Wildman–Crippen LogP) is 4.07. The van der Waals surface area contributed by atoms with Gasteiger partial charge in [0, 0.05) is 11.3 Å². The molecule has 1 amide bonds. The number of hydrogen-bond acceptors (Lipinski definition) is 3. The first kappa shape index (κ1) is 15.7. The molecule has 0 saturated heterocycles. The average Bonchev–Trinajstić information content (AvgIpc) is 2.47. The third-order valence-electron chi connectivity index (χ3n) is 2.69. The average molecular weight is 323 g/mol. The van der Waals surface area contributed by atoms with Crippen molar-refractivity contribution in [1.82, 2.24) is 0 Å². The highest BCUT2D eigenvalue weighted by Crippen LogP contribution is 2.21. The Balaban J connectivity index is 2.09.